The highest BCUT2D eigenvalue weighted by molar-refractivity contribution is 5.68. The van der Waals surface area contributed by atoms with Gasteiger partial charge in [-0.05, 0) is 70.1 Å². The molecule has 1 aromatic rings. The van der Waals surface area contributed by atoms with Crippen LogP contribution < -0.4 is 10.6 Å². The van der Waals surface area contributed by atoms with Gasteiger partial charge in [-0.1, -0.05) is 18.2 Å². The number of carbonyl (C=O) groups is 1. The molecule has 0 aliphatic heterocycles. The molecule has 0 aromatic heterocycles. The highest BCUT2D eigenvalue weighted by atomic mass is 16.6. The minimum absolute atomic E-state index is 0.182. The highest BCUT2D eigenvalue weighted by Crippen LogP contribution is 2.29. The molecule has 126 valence electrons. The van der Waals surface area contributed by atoms with E-state index in [1.54, 1.807) is 0 Å². The maximum atomic E-state index is 11.8. The van der Waals surface area contributed by atoms with Gasteiger partial charge in [-0.2, -0.15) is 0 Å². The fourth-order valence-corrected chi connectivity index (χ4v) is 3.28. The van der Waals surface area contributed by atoms with Gasteiger partial charge in [-0.15, -0.1) is 0 Å². The van der Waals surface area contributed by atoms with Crippen LogP contribution in [0.15, 0.2) is 18.2 Å². The van der Waals surface area contributed by atoms with Gasteiger partial charge in [0.25, 0.3) is 0 Å². The summed E-state index contributed by atoms with van der Waals surface area (Å²) in [4.78, 5) is 11.8. The summed E-state index contributed by atoms with van der Waals surface area (Å²) >= 11 is 0. The third kappa shape index (κ3) is 4.25. The third-order valence-electron chi connectivity index (χ3n) is 4.58. The van der Waals surface area contributed by atoms with Crippen LogP contribution in [0.5, 0.6) is 0 Å². The first-order chi connectivity index (χ1) is 10.8. The maximum absolute atomic E-state index is 11.8. The van der Waals surface area contributed by atoms with Crippen LogP contribution in [0.4, 0.5) is 4.79 Å². The molecule has 0 heterocycles. The Morgan fingerprint density at radius 1 is 1.22 bits per heavy atom. The second-order valence-corrected chi connectivity index (χ2v) is 7.86. The lowest BCUT2D eigenvalue weighted by atomic mass is 10.0. The van der Waals surface area contributed by atoms with Crippen LogP contribution in [-0.4, -0.2) is 23.8 Å². The number of nitrogens with one attached hydrogen (secondary N) is 2. The summed E-state index contributed by atoms with van der Waals surface area (Å²) in [7, 11) is 0. The van der Waals surface area contributed by atoms with E-state index in [0.29, 0.717) is 12.1 Å². The Morgan fingerprint density at radius 3 is 2.70 bits per heavy atom. The summed E-state index contributed by atoms with van der Waals surface area (Å²) in [5.74, 6) is 0. The Balaban J connectivity index is 1.48. The number of alkyl carbamates (subject to hydrolysis) is 1. The highest BCUT2D eigenvalue weighted by Gasteiger charge is 2.40. The number of fused-ring (bicyclic) bond motifs is 1. The lowest BCUT2D eigenvalue weighted by Crippen LogP contribution is -2.37. The van der Waals surface area contributed by atoms with Crippen LogP contribution in [-0.2, 0) is 17.6 Å². The van der Waals surface area contributed by atoms with Crippen molar-refractivity contribution in [1.82, 2.24) is 10.6 Å². The van der Waals surface area contributed by atoms with Crippen molar-refractivity contribution in [3.8, 4) is 0 Å². The van der Waals surface area contributed by atoms with E-state index in [2.05, 4.69) is 35.8 Å². The molecule has 3 rings (SSSR count). The molecule has 4 heteroatoms. The Hall–Kier alpha value is -1.55. The van der Waals surface area contributed by atoms with Crippen LogP contribution >= 0.6 is 0 Å². The maximum Gasteiger partial charge on any atom is 0.407 e. The van der Waals surface area contributed by atoms with E-state index in [0.717, 1.165) is 6.42 Å². The van der Waals surface area contributed by atoms with Crippen molar-refractivity contribution >= 4 is 6.09 Å². The van der Waals surface area contributed by atoms with Crippen LogP contribution in [0.3, 0.4) is 0 Å². The monoisotopic (exact) mass is 316 g/mol. The zero-order chi connectivity index (χ0) is 16.6. The Labute approximate surface area is 139 Å². The molecular weight excluding hydrogens is 288 g/mol. The number of amides is 1. The van der Waals surface area contributed by atoms with Crippen molar-refractivity contribution < 1.29 is 9.53 Å². The largest absolute Gasteiger partial charge is 0.444 e. The van der Waals surface area contributed by atoms with E-state index < -0.39 is 5.60 Å². The van der Waals surface area contributed by atoms with Crippen molar-refractivity contribution in [3.05, 3.63) is 34.9 Å². The number of hydrogen-bond donors (Lipinski definition) is 2. The van der Waals surface area contributed by atoms with Gasteiger partial charge in [-0.25, -0.2) is 4.79 Å². The van der Waals surface area contributed by atoms with Gasteiger partial charge in [0.15, 0.2) is 0 Å². The van der Waals surface area contributed by atoms with E-state index in [4.69, 9.17) is 4.74 Å². The van der Waals surface area contributed by atoms with Crippen molar-refractivity contribution in [2.45, 2.75) is 77.1 Å². The molecule has 3 atom stereocenters. The minimum atomic E-state index is -0.445. The molecule has 1 saturated carbocycles. The van der Waals surface area contributed by atoms with Crippen molar-refractivity contribution in [2.24, 2.45) is 0 Å². The molecule has 2 N–H and O–H groups in total. The first kappa shape index (κ1) is 16.3. The summed E-state index contributed by atoms with van der Waals surface area (Å²) in [6.45, 7) is 7.83. The normalized spacial score (nSPS) is 24.0. The van der Waals surface area contributed by atoms with Crippen molar-refractivity contribution in [1.29, 1.82) is 0 Å². The molecular formula is C19H28N2O2. The number of benzene rings is 1. The van der Waals surface area contributed by atoms with Crippen LogP contribution in [0.1, 0.15) is 63.3 Å². The Bertz CT molecular complexity index is 592. The SMILES string of the molecule is CC(NC1CC1NC(=O)OC(C)(C)C)c1ccc2c(c1)CCC2. The van der Waals surface area contributed by atoms with Crippen LogP contribution in [0, 0.1) is 0 Å². The Kier molecular flexibility index (Phi) is 4.37. The van der Waals surface area contributed by atoms with E-state index in [1.165, 1.54) is 36.0 Å². The van der Waals surface area contributed by atoms with Gasteiger partial charge < -0.3 is 15.4 Å². The molecule has 2 aliphatic carbocycles. The molecule has 3 unspecified atom stereocenters. The zero-order valence-corrected chi connectivity index (χ0v) is 14.6. The predicted octanol–water partition coefficient (Wildman–Crippen LogP) is 3.49. The molecule has 4 nitrogen and oxygen atoms in total. The topological polar surface area (TPSA) is 50.4 Å². The lowest BCUT2D eigenvalue weighted by Gasteiger charge is -2.20. The van der Waals surface area contributed by atoms with E-state index in [-0.39, 0.29) is 12.1 Å². The molecule has 1 fully saturated rings. The average molecular weight is 316 g/mol. The van der Waals surface area contributed by atoms with Gasteiger partial charge in [0.05, 0.1) is 0 Å². The molecule has 1 aromatic carbocycles. The van der Waals surface area contributed by atoms with Crippen molar-refractivity contribution in [3.63, 3.8) is 0 Å². The molecule has 0 bridgehead atoms. The smallest absolute Gasteiger partial charge is 0.407 e. The van der Waals surface area contributed by atoms with Gasteiger partial charge in [-0.3, -0.25) is 0 Å². The average Bonchev–Trinajstić information content (AvgIpc) is 2.99. The molecule has 0 saturated heterocycles. The molecule has 23 heavy (non-hydrogen) atoms. The first-order valence-corrected chi connectivity index (χ1v) is 8.69. The summed E-state index contributed by atoms with van der Waals surface area (Å²) in [5.41, 5.74) is 3.92. The summed E-state index contributed by atoms with van der Waals surface area (Å²) < 4.78 is 5.30. The van der Waals surface area contributed by atoms with Crippen molar-refractivity contribution in [2.75, 3.05) is 0 Å². The van der Waals surface area contributed by atoms with Crippen LogP contribution in [0.25, 0.3) is 0 Å². The number of hydrogen-bond acceptors (Lipinski definition) is 3. The predicted molar refractivity (Wildman–Crippen MR) is 91.6 cm³/mol. The minimum Gasteiger partial charge on any atom is -0.444 e. The van der Waals surface area contributed by atoms with E-state index in [9.17, 15) is 4.79 Å². The number of ether oxygens (including phenoxy) is 1. The molecule has 2 aliphatic rings. The summed E-state index contributed by atoms with van der Waals surface area (Å²) in [6, 6.07) is 7.68. The second-order valence-electron chi connectivity index (χ2n) is 7.86. The third-order valence-corrected chi connectivity index (χ3v) is 4.58. The molecule has 0 radical (unpaired) electrons. The van der Waals surface area contributed by atoms with Crippen LogP contribution in [0.2, 0.25) is 0 Å². The van der Waals surface area contributed by atoms with E-state index >= 15 is 0 Å². The number of rotatable bonds is 4. The molecule has 1 amide bonds. The van der Waals surface area contributed by atoms with E-state index in [1.807, 2.05) is 20.8 Å². The standard InChI is InChI=1S/C19H28N2O2/c1-12(14-9-8-13-6-5-7-15(13)10-14)20-16-11-17(16)21-18(22)23-19(2,3)4/h8-10,12,16-17,20H,5-7,11H2,1-4H3,(H,21,22). The van der Waals surface area contributed by atoms with Gasteiger partial charge >= 0.3 is 6.09 Å². The lowest BCUT2D eigenvalue weighted by molar-refractivity contribution is 0.0522. The summed E-state index contributed by atoms with van der Waals surface area (Å²) in [6.07, 6.45) is 4.36. The number of carbonyl (C=O) groups excluding carboxylic acids is 1. The van der Waals surface area contributed by atoms with Gasteiger partial charge in [0, 0.05) is 18.1 Å². The molecule has 0 spiro atoms. The van der Waals surface area contributed by atoms with Gasteiger partial charge in [0.1, 0.15) is 5.60 Å². The zero-order valence-electron chi connectivity index (χ0n) is 14.6. The fourth-order valence-electron chi connectivity index (χ4n) is 3.28. The summed E-state index contributed by atoms with van der Waals surface area (Å²) in [5, 5.41) is 6.54. The van der Waals surface area contributed by atoms with Gasteiger partial charge in [0.2, 0.25) is 0 Å². The first-order valence-electron chi connectivity index (χ1n) is 8.69. The Morgan fingerprint density at radius 2 is 1.96 bits per heavy atom. The second kappa shape index (κ2) is 6.16. The number of aryl methyl sites for hydroxylation is 2. The fraction of sp³-hybridized carbons (Fsp3) is 0.632. The quantitative estimate of drug-likeness (QED) is 0.894.